The minimum Gasteiger partial charge on any atom is -0.492 e. The van der Waals surface area contributed by atoms with Gasteiger partial charge in [0.1, 0.15) is 12.4 Å². The van der Waals surface area contributed by atoms with E-state index in [-0.39, 0.29) is 0 Å². The second-order valence-electron chi connectivity index (χ2n) is 3.21. The van der Waals surface area contributed by atoms with Crippen molar-refractivity contribution in [3.63, 3.8) is 0 Å². The number of hydrogen-bond acceptors (Lipinski definition) is 4. The van der Waals surface area contributed by atoms with Gasteiger partial charge in [-0.05, 0) is 24.3 Å². The van der Waals surface area contributed by atoms with Crippen LogP contribution in [-0.4, -0.2) is 21.6 Å². The molecule has 84 valence electrons. The van der Waals surface area contributed by atoms with E-state index in [2.05, 4.69) is 26.2 Å². The molecule has 5 nitrogen and oxygen atoms in total. The van der Waals surface area contributed by atoms with Gasteiger partial charge in [-0.2, -0.15) is 0 Å². The first kappa shape index (κ1) is 10.9. The number of hydrogen-bond donors (Lipinski definition) is 1. The summed E-state index contributed by atoms with van der Waals surface area (Å²) in [5.74, 6) is 1.25. The number of aromatic nitrogens is 3. The monoisotopic (exact) mass is 282 g/mol. The lowest BCUT2D eigenvalue weighted by Gasteiger charge is -2.05. The fourth-order valence-corrected chi connectivity index (χ4v) is 1.47. The Labute approximate surface area is 101 Å². The molecule has 0 aliphatic rings. The van der Waals surface area contributed by atoms with Crippen molar-refractivity contribution in [1.82, 2.24) is 15.0 Å². The van der Waals surface area contributed by atoms with Gasteiger partial charge in [0.15, 0.2) is 5.82 Å². The number of halogens is 1. The van der Waals surface area contributed by atoms with Crippen LogP contribution in [-0.2, 0) is 6.54 Å². The van der Waals surface area contributed by atoms with Crippen LogP contribution >= 0.6 is 15.9 Å². The lowest BCUT2D eigenvalue weighted by Crippen LogP contribution is -2.08. The van der Waals surface area contributed by atoms with Gasteiger partial charge in [0.05, 0.1) is 12.7 Å². The Kier molecular flexibility index (Phi) is 3.40. The SMILES string of the molecule is Nc1cn(CCOc2ccc(Br)cc2)nn1. The molecule has 0 unspecified atom stereocenters. The number of nitrogens with two attached hydrogens (primary N) is 1. The van der Waals surface area contributed by atoms with Crippen molar-refractivity contribution >= 4 is 21.7 Å². The van der Waals surface area contributed by atoms with E-state index >= 15 is 0 Å². The number of ether oxygens (including phenoxy) is 1. The van der Waals surface area contributed by atoms with Gasteiger partial charge < -0.3 is 10.5 Å². The Morgan fingerprint density at radius 3 is 2.69 bits per heavy atom. The highest BCUT2D eigenvalue weighted by Crippen LogP contribution is 2.15. The van der Waals surface area contributed by atoms with Gasteiger partial charge in [0.2, 0.25) is 0 Å². The summed E-state index contributed by atoms with van der Waals surface area (Å²) in [6, 6.07) is 7.67. The number of rotatable bonds is 4. The van der Waals surface area contributed by atoms with Gasteiger partial charge in [0, 0.05) is 4.47 Å². The van der Waals surface area contributed by atoms with Crippen molar-refractivity contribution in [3.8, 4) is 5.75 Å². The molecule has 1 aromatic carbocycles. The molecule has 2 N–H and O–H groups in total. The predicted octanol–water partition coefficient (Wildman–Crippen LogP) is 1.70. The molecular weight excluding hydrogens is 272 g/mol. The van der Waals surface area contributed by atoms with Crippen molar-refractivity contribution in [1.29, 1.82) is 0 Å². The summed E-state index contributed by atoms with van der Waals surface area (Å²) in [4.78, 5) is 0. The van der Waals surface area contributed by atoms with E-state index in [0.717, 1.165) is 10.2 Å². The van der Waals surface area contributed by atoms with Crippen LogP contribution in [0.3, 0.4) is 0 Å². The van der Waals surface area contributed by atoms with Gasteiger partial charge >= 0.3 is 0 Å². The van der Waals surface area contributed by atoms with Crippen LogP contribution in [0.25, 0.3) is 0 Å². The molecule has 0 aliphatic heterocycles. The lowest BCUT2D eigenvalue weighted by molar-refractivity contribution is 0.289. The molecule has 0 saturated carbocycles. The van der Waals surface area contributed by atoms with Gasteiger partial charge in [-0.15, -0.1) is 5.10 Å². The maximum absolute atomic E-state index is 5.52. The largest absolute Gasteiger partial charge is 0.492 e. The molecule has 0 bridgehead atoms. The van der Waals surface area contributed by atoms with E-state index in [9.17, 15) is 0 Å². The molecule has 0 fully saturated rings. The zero-order valence-corrected chi connectivity index (χ0v) is 10.1. The minimum atomic E-state index is 0.420. The van der Waals surface area contributed by atoms with E-state index < -0.39 is 0 Å². The van der Waals surface area contributed by atoms with Crippen molar-refractivity contribution in [2.45, 2.75) is 6.54 Å². The topological polar surface area (TPSA) is 66.0 Å². The maximum atomic E-state index is 5.52. The fourth-order valence-electron chi connectivity index (χ4n) is 1.21. The summed E-state index contributed by atoms with van der Waals surface area (Å²) in [6.07, 6.45) is 1.67. The Bertz CT molecular complexity index is 454. The van der Waals surface area contributed by atoms with Crippen LogP contribution in [0, 0.1) is 0 Å². The van der Waals surface area contributed by atoms with Crippen molar-refractivity contribution in [3.05, 3.63) is 34.9 Å². The smallest absolute Gasteiger partial charge is 0.165 e. The van der Waals surface area contributed by atoms with Gasteiger partial charge in [-0.25, -0.2) is 4.68 Å². The van der Waals surface area contributed by atoms with Crippen LogP contribution in [0.2, 0.25) is 0 Å². The second kappa shape index (κ2) is 4.98. The van der Waals surface area contributed by atoms with E-state index in [1.165, 1.54) is 0 Å². The molecular formula is C10H11BrN4O. The number of nitrogen functional groups attached to an aromatic ring is 1. The predicted molar refractivity (Wildman–Crippen MR) is 64.1 cm³/mol. The molecule has 0 amide bonds. The molecule has 1 aromatic heterocycles. The third-order valence-electron chi connectivity index (χ3n) is 1.96. The highest BCUT2D eigenvalue weighted by Gasteiger charge is 1.97. The lowest BCUT2D eigenvalue weighted by atomic mass is 10.3. The number of anilines is 1. The van der Waals surface area contributed by atoms with E-state index in [0.29, 0.717) is 19.0 Å². The van der Waals surface area contributed by atoms with Gasteiger partial charge in [-0.3, -0.25) is 0 Å². The van der Waals surface area contributed by atoms with Crippen LogP contribution < -0.4 is 10.5 Å². The van der Waals surface area contributed by atoms with E-state index in [1.807, 2.05) is 24.3 Å². The summed E-state index contributed by atoms with van der Waals surface area (Å²) < 4.78 is 8.20. The summed E-state index contributed by atoms with van der Waals surface area (Å²) in [5.41, 5.74) is 5.44. The average Bonchev–Trinajstić information content (AvgIpc) is 2.67. The first-order valence-electron chi connectivity index (χ1n) is 4.78. The third-order valence-corrected chi connectivity index (χ3v) is 2.49. The molecule has 0 atom stereocenters. The average molecular weight is 283 g/mol. The first-order chi connectivity index (χ1) is 7.74. The zero-order valence-electron chi connectivity index (χ0n) is 8.51. The van der Waals surface area contributed by atoms with Crippen molar-refractivity contribution in [2.24, 2.45) is 0 Å². The number of nitrogens with zero attached hydrogens (tertiary/aromatic N) is 3. The second-order valence-corrected chi connectivity index (χ2v) is 4.12. The highest BCUT2D eigenvalue weighted by molar-refractivity contribution is 9.10. The van der Waals surface area contributed by atoms with Crippen LogP contribution in [0.5, 0.6) is 5.75 Å². The minimum absolute atomic E-state index is 0.420. The quantitative estimate of drug-likeness (QED) is 0.927. The van der Waals surface area contributed by atoms with Gasteiger partial charge in [-0.1, -0.05) is 21.1 Å². The summed E-state index contributed by atoms with van der Waals surface area (Å²) in [5, 5.41) is 7.50. The third kappa shape index (κ3) is 2.96. The molecule has 16 heavy (non-hydrogen) atoms. The summed E-state index contributed by atoms with van der Waals surface area (Å²) >= 11 is 3.36. The fraction of sp³-hybridized carbons (Fsp3) is 0.200. The van der Waals surface area contributed by atoms with Crippen LogP contribution in [0.15, 0.2) is 34.9 Å². The molecule has 1 heterocycles. The van der Waals surface area contributed by atoms with E-state index in [4.69, 9.17) is 10.5 Å². The van der Waals surface area contributed by atoms with Crippen LogP contribution in [0.4, 0.5) is 5.82 Å². The van der Waals surface area contributed by atoms with Crippen molar-refractivity contribution in [2.75, 3.05) is 12.3 Å². The standard InChI is InChI=1S/C10H11BrN4O/c11-8-1-3-9(4-2-8)16-6-5-15-7-10(12)13-14-15/h1-4,7H,5-6,12H2. The Morgan fingerprint density at radius 1 is 1.31 bits per heavy atom. The summed E-state index contributed by atoms with van der Waals surface area (Å²) in [6.45, 7) is 1.16. The zero-order chi connectivity index (χ0) is 11.4. The Balaban J connectivity index is 1.82. The molecule has 0 spiro atoms. The van der Waals surface area contributed by atoms with E-state index in [1.54, 1.807) is 10.9 Å². The summed E-state index contributed by atoms with van der Waals surface area (Å²) in [7, 11) is 0. The van der Waals surface area contributed by atoms with Crippen molar-refractivity contribution < 1.29 is 4.74 Å². The number of benzene rings is 1. The molecule has 0 radical (unpaired) electrons. The van der Waals surface area contributed by atoms with Crippen LogP contribution in [0.1, 0.15) is 0 Å². The Morgan fingerprint density at radius 2 is 2.06 bits per heavy atom. The molecule has 2 rings (SSSR count). The molecule has 0 saturated heterocycles. The highest BCUT2D eigenvalue weighted by atomic mass is 79.9. The normalized spacial score (nSPS) is 10.3. The van der Waals surface area contributed by atoms with Gasteiger partial charge in [0.25, 0.3) is 0 Å². The molecule has 0 aliphatic carbocycles. The maximum Gasteiger partial charge on any atom is 0.165 e. The molecule has 2 aromatic rings. The Hall–Kier alpha value is -1.56. The molecule has 6 heteroatoms. The first-order valence-corrected chi connectivity index (χ1v) is 5.57.